The summed E-state index contributed by atoms with van der Waals surface area (Å²) in [5.41, 5.74) is 4.27. The lowest BCUT2D eigenvalue weighted by molar-refractivity contribution is -0.159. The van der Waals surface area contributed by atoms with Crippen LogP contribution in [0, 0.1) is 0 Å². The summed E-state index contributed by atoms with van der Waals surface area (Å²) in [7, 11) is 2.36. The number of likely N-dealkylation sites (N-methyl/N-ethyl adjacent to an activating group) is 1. The first-order valence-corrected chi connectivity index (χ1v) is 12.5. The average molecular weight is 506 g/mol. The van der Waals surface area contributed by atoms with Crippen LogP contribution in [0.4, 0.5) is 0 Å². The summed E-state index contributed by atoms with van der Waals surface area (Å²) in [6, 6.07) is 13.5. The third kappa shape index (κ3) is 9.39. The largest absolute Gasteiger partial charge is 0.497 e. The van der Waals surface area contributed by atoms with Crippen LogP contribution >= 0.6 is 0 Å². The number of aromatic nitrogens is 1. The van der Waals surface area contributed by atoms with Gasteiger partial charge in [-0.15, -0.1) is 0 Å². The van der Waals surface area contributed by atoms with E-state index in [2.05, 4.69) is 34.8 Å². The number of H-pyrrole nitrogens is 1. The molecular formula is C24H31N3O7S. The van der Waals surface area contributed by atoms with Gasteiger partial charge in [0.25, 0.3) is 0 Å². The smallest absolute Gasteiger partial charge is 0.414 e. The van der Waals surface area contributed by atoms with E-state index in [1.165, 1.54) is 10.9 Å². The molecule has 3 aromatic rings. The highest BCUT2D eigenvalue weighted by molar-refractivity contribution is 7.89. The zero-order valence-corrected chi connectivity index (χ0v) is 20.8. The van der Waals surface area contributed by atoms with Crippen LogP contribution in [-0.4, -0.2) is 74.0 Å². The number of aryl methyl sites for hydroxylation is 1. The molecule has 0 aliphatic heterocycles. The van der Waals surface area contributed by atoms with Crippen molar-refractivity contribution >= 4 is 32.9 Å². The van der Waals surface area contributed by atoms with Gasteiger partial charge in [-0.1, -0.05) is 18.2 Å². The van der Waals surface area contributed by atoms with E-state index in [0.29, 0.717) is 6.42 Å². The average Bonchev–Trinajstić information content (AvgIpc) is 3.23. The number of fused-ring (bicyclic) bond motifs is 1. The van der Waals surface area contributed by atoms with Crippen LogP contribution in [0.25, 0.3) is 10.9 Å². The quantitative estimate of drug-likeness (QED) is 0.306. The first kappa shape index (κ1) is 27.8. The number of methoxy groups -OCH3 is 1. The number of hydrogen-bond donors (Lipinski definition) is 4. The van der Waals surface area contributed by atoms with Gasteiger partial charge in [-0.05, 0) is 67.9 Å². The molecular weight excluding hydrogens is 474 g/mol. The van der Waals surface area contributed by atoms with Gasteiger partial charge < -0.3 is 24.8 Å². The fraction of sp³-hybridized carbons (Fsp3) is 0.333. The zero-order chi connectivity index (χ0) is 26.0. The summed E-state index contributed by atoms with van der Waals surface area (Å²) in [5.74, 6) is -2.83. The number of carboxylic acid groups (broad SMARTS) is 2. The third-order valence-electron chi connectivity index (χ3n) is 5.16. The molecule has 10 nitrogen and oxygen atoms in total. The number of aliphatic carboxylic acids is 2. The van der Waals surface area contributed by atoms with Gasteiger partial charge in [-0.3, -0.25) is 0 Å². The number of hydrogen-bond acceptors (Lipinski definition) is 6. The van der Waals surface area contributed by atoms with E-state index in [1.54, 1.807) is 7.11 Å². The number of rotatable bonds is 10. The number of benzene rings is 2. The van der Waals surface area contributed by atoms with E-state index in [0.717, 1.165) is 35.4 Å². The number of ether oxygens (including phenoxy) is 1. The molecule has 2 aromatic carbocycles. The molecule has 0 saturated carbocycles. The second-order valence-electron chi connectivity index (χ2n) is 8.10. The second-order valence-corrected chi connectivity index (χ2v) is 10.0. The predicted octanol–water partition coefficient (Wildman–Crippen LogP) is 2.10. The highest BCUT2D eigenvalue weighted by Crippen LogP contribution is 2.21. The molecule has 0 radical (unpaired) electrons. The van der Waals surface area contributed by atoms with Crippen molar-refractivity contribution < 1.29 is 33.0 Å². The lowest BCUT2D eigenvalue weighted by Gasteiger charge is -2.09. The summed E-state index contributed by atoms with van der Waals surface area (Å²) < 4.78 is 32.6. The minimum absolute atomic E-state index is 0.0616. The van der Waals surface area contributed by atoms with Crippen molar-refractivity contribution in [2.75, 3.05) is 33.5 Å². The Morgan fingerprint density at radius 3 is 2.20 bits per heavy atom. The number of sulfonamides is 1. The number of carboxylic acids is 2. The van der Waals surface area contributed by atoms with Gasteiger partial charge >= 0.3 is 11.9 Å². The molecule has 0 spiro atoms. The van der Waals surface area contributed by atoms with Gasteiger partial charge in [0.15, 0.2) is 0 Å². The van der Waals surface area contributed by atoms with E-state index in [-0.39, 0.29) is 12.3 Å². The van der Waals surface area contributed by atoms with E-state index in [9.17, 15) is 8.42 Å². The van der Waals surface area contributed by atoms with Crippen LogP contribution in [-0.2, 0) is 39.0 Å². The van der Waals surface area contributed by atoms with Crippen LogP contribution in [0.3, 0.4) is 0 Å². The summed E-state index contributed by atoms with van der Waals surface area (Å²) in [6.45, 7) is 1.25. The number of carbonyl (C=O) groups is 2. The number of nitrogens with zero attached hydrogens (tertiary/aromatic N) is 1. The molecule has 4 N–H and O–H groups in total. The molecule has 0 amide bonds. The van der Waals surface area contributed by atoms with Crippen LogP contribution in [0.5, 0.6) is 5.75 Å². The molecule has 0 atom stereocenters. The topological polar surface area (TPSA) is 149 Å². The van der Waals surface area contributed by atoms with Gasteiger partial charge in [0.05, 0.1) is 12.9 Å². The molecule has 0 unspecified atom stereocenters. The summed E-state index contributed by atoms with van der Waals surface area (Å²) >= 11 is 0. The van der Waals surface area contributed by atoms with Gasteiger partial charge in [0.1, 0.15) is 5.75 Å². The Balaban J connectivity index is 0.000000641. The Bertz CT molecular complexity index is 1220. The van der Waals surface area contributed by atoms with E-state index >= 15 is 0 Å². The fourth-order valence-corrected chi connectivity index (χ4v) is 4.23. The molecule has 190 valence electrons. The zero-order valence-electron chi connectivity index (χ0n) is 19.9. The monoisotopic (exact) mass is 505 g/mol. The van der Waals surface area contributed by atoms with Crippen LogP contribution in [0.2, 0.25) is 0 Å². The molecule has 3 rings (SSSR count). The third-order valence-corrected chi connectivity index (χ3v) is 6.48. The minimum Gasteiger partial charge on any atom is -0.497 e. The molecule has 0 bridgehead atoms. The Morgan fingerprint density at radius 2 is 1.63 bits per heavy atom. The first-order valence-electron chi connectivity index (χ1n) is 10.8. The van der Waals surface area contributed by atoms with Crippen LogP contribution in [0.1, 0.15) is 16.7 Å². The molecule has 11 heteroatoms. The molecule has 0 aliphatic carbocycles. The molecule has 0 aliphatic rings. The second kappa shape index (κ2) is 12.9. The molecule has 0 fully saturated rings. The van der Waals surface area contributed by atoms with Crippen LogP contribution < -0.4 is 9.46 Å². The summed E-state index contributed by atoms with van der Waals surface area (Å²) in [4.78, 5) is 23.7. The maximum atomic E-state index is 12.4. The Kier molecular flexibility index (Phi) is 10.2. The number of aromatic amines is 1. The Labute approximate surface area is 204 Å². The number of nitrogens with one attached hydrogen (secondary N) is 2. The summed E-state index contributed by atoms with van der Waals surface area (Å²) in [5, 5.41) is 16.0. The molecule has 35 heavy (non-hydrogen) atoms. The Morgan fingerprint density at radius 1 is 1.00 bits per heavy atom. The summed E-state index contributed by atoms with van der Waals surface area (Å²) in [6.07, 6.45) is 3.48. The standard InChI is InChI=1S/C22H29N3O3S.C2H2O4/c1-25(2)12-10-19-16-23-22-9-6-17(14-21(19)22)11-13-29(26,27)24-15-18-4-7-20(28-3)8-5-18;3-1(4)2(5)6/h4-9,14,16,23-24H,10-13,15H2,1-3H3;(H,3,4)(H,5,6). The lowest BCUT2D eigenvalue weighted by Crippen LogP contribution is -2.26. The highest BCUT2D eigenvalue weighted by atomic mass is 32.2. The van der Waals surface area contributed by atoms with Crippen LogP contribution in [0.15, 0.2) is 48.7 Å². The maximum Gasteiger partial charge on any atom is 0.414 e. The van der Waals surface area contributed by atoms with Crippen molar-refractivity contribution in [1.82, 2.24) is 14.6 Å². The van der Waals surface area contributed by atoms with Gasteiger partial charge in [-0.25, -0.2) is 22.7 Å². The van der Waals surface area contributed by atoms with E-state index in [4.69, 9.17) is 24.5 Å². The first-order chi connectivity index (χ1) is 16.5. The maximum absolute atomic E-state index is 12.4. The van der Waals surface area contributed by atoms with Crippen molar-refractivity contribution in [1.29, 1.82) is 0 Å². The lowest BCUT2D eigenvalue weighted by atomic mass is 10.1. The van der Waals surface area contributed by atoms with Gasteiger partial charge in [-0.2, -0.15) is 0 Å². The minimum atomic E-state index is -3.36. The van der Waals surface area contributed by atoms with Crippen molar-refractivity contribution in [3.63, 3.8) is 0 Å². The van der Waals surface area contributed by atoms with Crippen molar-refractivity contribution in [2.24, 2.45) is 0 Å². The predicted molar refractivity (Wildman–Crippen MR) is 133 cm³/mol. The van der Waals surface area contributed by atoms with Crippen molar-refractivity contribution in [2.45, 2.75) is 19.4 Å². The molecule has 1 heterocycles. The fourth-order valence-electron chi connectivity index (χ4n) is 3.19. The highest BCUT2D eigenvalue weighted by Gasteiger charge is 2.12. The van der Waals surface area contributed by atoms with Crippen molar-refractivity contribution in [3.8, 4) is 5.75 Å². The van der Waals surface area contributed by atoms with Gasteiger partial charge in [0, 0.05) is 30.2 Å². The van der Waals surface area contributed by atoms with Gasteiger partial charge in [0.2, 0.25) is 10.0 Å². The SMILES string of the molecule is COc1ccc(CNS(=O)(=O)CCc2ccc3[nH]cc(CCN(C)C)c3c2)cc1.O=C(O)C(=O)O. The van der Waals surface area contributed by atoms with Crippen molar-refractivity contribution in [3.05, 3.63) is 65.4 Å². The Hall–Kier alpha value is -3.41. The van der Waals surface area contributed by atoms with E-state index < -0.39 is 22.0 Å². The van der Waals surface area contributed by atoms with E-state index in [1.807, 2.05) is 42.6 Å². The molecule has 0 saturated heterocycles. The molecule has 1 aromatic heterocycles. The normalized spacial score (nSPS) is 11.2.